The number of benzene rings is 3. The molecule has 0 bridgehead atoms. The van der Waals surface area contributed by atoms with Crippen LogP contribution in [0.25, 0.3) is 0 Å². The van der Waals surface area contributed by atoms with Crippen molar-refractivity contribution in [1.29, 1.82) is 0 Å². The van der Waals surface area contributed by atoms with Crippen molar-refractivity contribution in [3.8, 4) is 0 Å². The first-order valence-corrected chi connectivity index (χ1v) is 12.2. The predicted molar refractivity (Wildman–Crippen MR) is 128 cm³/mol. The minimum Gasteiger partial charge on any atom is -0.345 e. The Hall–Kier alpha value is -3.65. The number of hydrogen-bond donors (Lipinski definition) is 2. The largest absolute Gasteiger partial charge is 0.345 e. The molecule has 0 radical (unpaired) electrons. The van der Waals surface area contributed by atoms with E-state index in [0.29, 0.717) is 18.7 Å². The van der Waals surface area contributed by atoms with Crippen LogP contribution in [-0.4, -0.2) is 26.8 Å². The molecular formula is C25H25N3O4S. The SMILES string of the molecule is C[C@H](NC(=O)c1ccccc1NS(=O)(=O)c1ccc(N2CCCC2=O)cc1)c1ccccc1. The zero-order chi connectivity index (χ0) is 23.4. The quantitative estimate of drug-likeness (QED) is 0.551. The van der Waals surface area contributed by atoms with Crippen molar-refractivity contribution >= 4 is 33.2 Å². The van der Waals surface area contributed by atoms with E-state index >= 15 is 0 Å². The summed E-state index contributed by atoms with van der Waals surface area (Å²) in [5.41, 5.74) is 2.03. The Bertz CT molecular complexity index is 1260. The van der Waals surface area contributed by atoms with Crippen LogP contribution >= 0.6 is 0 Å². The number of hydrogen-bond acceptors (Lipinski definition) is 4. The van der Waals surface area contributed by atoms with Crippen LogP contribution in [0.5, 0.6) is 0 Å². The molecule has 0 aromatic heterocycles. The van der Waals surface area contributed by atoms with Crippen LogP contribution < -0.4 is 14.9 Å². The topological polar surface area (TPSA) is 95.6 Å². The zero-order valence-electron chi connectivity index (χ0n) is 18.2. The molecule has 0 unspecified atom stereocenters. The highest BCUT2D eigenvalue weighted by atomic mass is 32.2. The number of nitrogens with zero attached hydrogens (tertiary/aromatic N) is 1. The van der Waals surface area contributed by atoms with Gasteiger partial charge in [-0.15, -0.1) is 0 Å². The molecule has 7 nitrogen and oxygen atoms in total. The van der Waals surface area contributed by atoms with Gasteiger partial charge >= 0.3 is 0 Å². The standard InChI is InChI=1S/C25H25N3O4S/c1-18(19-8-3-2-4-9-19)26-25(30)22-10-5-6-11-23(22)27-33(31,32)21-15-13-20(14-16-21)28-17-7-12-24(28)29/h2-6,8-11,13-16,18,27H,7,12,17H2,1H3,(H,26,30)/t18-/m0/s1. The summed E-state index contributed by atoms with van der Waals surface area (Å²) in [6.45, 7) is 2.50. The van der Waals surface area contributed by atoms with Gasteiger partial charge in [-0.2, -0.15) is 0 Å². The second kappa shape index (κ2) is 9.46. The molecule has 33 heavy (non-hydrogen) atoms. The highest BCUT2D eigenvalue weighted by molar-refractivity contribution is 7.92. The summed E-state index contributed by atoms with van der Waals surface area (Å²) in [7, 11) is -3.94. The molecule has 1 aliphatic heterocycles. The Morgan fingerprint density at radius 2 is 1.61 bits per heavy atom. The molecule has 0 saturated carbocycles. The van der Waals surface area contributed by atoms with E-state index in [1.807, 2.05) is 37.3 Å². The Balaban J connectivity index is 1.52. The van der Waals surface area contributed by atoms with E-state index in [1.54, 1.807) is 41.3 Å². The molecule has 3 aromatic rings. The Morgan fingerprint density at radius 3 is 2.27 bits per heavy atom. The van der Waals surface area contributed by atoms with Crippen molar-refractivity contribution in [2.45, 2.75) is 30.7 Å². The van der Waals surface area contributed by atoms with Crippen molar-refractivity contribution in [1.82, 2.24) is 5.32 Å². The fourth-order valence-electron chi connectivity index (χ4n) is 3.80. The van der Waals surface area contributed by atoms with Crippen molar-refractivity contribution in [2.75, 3.05) is 16.2 Å². The highest BCUT2D eigenvalue weighted by Crippen LogP contribution is 2.25. The molecule has 1 atom stereocenters. The maximum absolute atomic E-state index is 13.0. The van der Waals surface area contributed by atoms with E-state index in [4.69, 9.17) is 0 Å². The maximum atomic E-state index is 13.0. The number of carbonyl (C=O) groups is 2. The summed E-state index contributed by atoms with van der Waals surface area (Å²) in [4.78, 5) is 26.5. The zero-order valence-corrected chi connectivity index (χ0v) is 19.0. The molecule has 8 heteroatoms. The van der Waals surface area contributed by atoms with Crippen molar-refractivity contribution in [3.63, 3.8) is 0 Å². The molecule has 1 fully saturated rings. The predicted octanol–water partition coefficient (Wildman–Crippen LogP) is 4.11. The van der Waals surface area contributed by atoms with Crippen LogP contribution in [0.3, 0.4) is 0 Å². The average molecular weight is 464 g/mol. The van der Waals surface area contributed by atoms with Gasteiger partial charge in [0, 0.05) is 18.7 Å². The van der Waals surface area contributed by atoms with E-state index in [1.165, 1.54) is 12.1 Å². The summed E-state index contributed by atoms with van der Waals surface area (Å²) in [6, 6.07) is 21.9. The van der Waals surface area contributed by atoms with Crippen LogP contribution in [-0.2, 0) is 14.8 Å². The van der Waals surface area contributed by atoms with Crippen LogP contribution in [0.15, 0.2) is 83.8 Å². The van der Waals surface area contributed by atoms with Crippen molar-refractivity contribution in [3.05, 3.63) is 90.0 Å². The molecule has 170 valence electrons. The lowest BCUT2D eigenvalue weighted by Crippen LogP contribution is -2.28. The summed E-state index contributed by atoms with van der Waals surface area (Å²) in [5, 5.41) is 2.91. The van der Waals surface area contributed by atoms with Gasteiger partial charge < -0.3 is 10.2 Å². The van der Waals surface area contributed by atoms with E-state index in [9.17, 15) is 18.0 Å². The summed E-state index contributed by atoms with van der Waals surface area (Å²) >= 11 is 0. The summed E-state index contributed by atoms with van der Waals surface area (Å²) < 4.78 is 28.5. The molecule has 1 aliphatic rings. The van der Waals surface area contributed by atoms with Gasteiger partial charge in [0.25, 0.3) is 15.9 Å². The Labute approximate surface area is 193 Å². The third-order valence-corrected chi connectivity index (χ3v) is 6.98. The van der Waals surface area contributed by atoms with Crippen LogP contribution in [0, 0.1) is 0 Å². The molecule has 0 aliphatic carbocycles. The minimum atomic E-state index is -3.94. The maximum Gasteiger partial charge on any atom is 0.261 e. The van der Waals surface area contributed by atoms with E-state index < -0.39 is 10.0 Å². The van der Waals surface area contributed by atoms with Crippen molar-refractivity contribution < 1.29 is 18.0 Å². The molecule has 0 spiro atoms. The molecular weight excluding hydrogens is 438 g/mol. The van der Waals surface area contributed by atoms with Gasteiger partial charge in [-0.25, -0.2) is 8.42 Å². The summed E-state index contributed by atoms with van der Waals surface area (Å²) in [6.07, 6.45) is 1.30. The number of amides is 2. The lowest BCUT2D eigenvalue weighted by Gasteiger charge is -2.18. The van der Waals surface area contributed by atoms with E-state index in [-0.39, 0.29) is 34.0 Å². The fraction of sp³-hybridized carbons (Fsp3) is 0.200. The number of nitrogens with one attached hydrogen (secondary N) is 2. The van der Waals surface area contributed by atoms with Gasteiger partial charge in [-0.1, -0.05) is 42.5 Å². The number of carbonyl (C=O) groups excluding carboxylic acids is 2. The number of para-hydroxylation sites is 1. The monoisotopic (exact) mass is 463 g/mol. The lowest BCUT2D eigenvalue weighted by atomic mass is 10.1. The van der Waals surface area contributed by atoms with Gasteiger partial charge in [-0.3, -0.25) is 14.3 Å². The smallest absolute Gasteiger partial charge is 0.261 e. The molecule has 2 amide bonds. The summed E-state index contributed by atoms with van der Waals surface area (Å²) in [5.74, 6) is -0.346. The number of rotatable bonds is 7. The van der Waals surface area contributed by atoms with Crippen LogP contribution in [0.1, 0.15) is 41.7 Å². The normalized spacial score (nSPS) is 14.7. The van der Waals surface area contributed by atoms with Gasteiger partial charge in [0.2, 0.25) is 5.91 Å². The molecule has 4 rings (SSSR count). The molecule has 1 saturated heterocycles. The first-order valence-electron chi connectivity index (χ1n) is 10.7. The first kappa shape index (κ1) is 22.5. The minimum absolute atomic E-state index is 0.0356. The second-order valence-corrected chi connectivity index (χ2v) is 9.58. The third-order valence-electron chi connectivity index (χ3n) is 5.60. The fourth-order valence-corrected chi connectivity index (χ4v) is 4.88. The average Bonchev–Trinajstić information content (AvgIpc) is 3.25. The van der Waals surface area contributed by atoms with Crippen LogP contribution in [0.2, 0.25) is 0 Å². The first-order chi connectivity index (χ1) is 15.8. The molecule has 3 aromatic carbocycles. The Morgan fingerprint density at radius 1 is 0.939 bits per heavy atom. The molecule has 1 heterocycles. The number of sulfonamides is 1. The van der Waals surface area contributed by atoms with Gasteiger partial charge in [0.15, 0.2) is 0 Å². The second-order valence-electron chi connectivity index (χ2n) is 7.90. The van der Waals surface area contributed by atoms with Gasteiger partial charge in [0.05, 0.1) is 22.2 Å². The van der Waals surface area contributed by atoms with Gasteiger partial charge in [-0.05, 0) is 55.3 Å². The van der Waals surface area contributed by atoms with E-state index in [2.05, 4.69) is 10.0 Å². The van der Waals surface area contributed by atoms with Gasteiger partial charge in [0.1, 0.15) is 0 Å². The van der Waals surface area contributed by atoms with Crippen LogP contribution in [0.4, 0.5) is 11.4 Å². The van der Waals surface area contributed by atoms with E-state index in [0.717, 1.165) is 12.0 Å². The Kier molecular flexibility index (Phi) is 6.46. The molecule has 2 N–H and O–H groups in total. The highest BCUT2D eigenvalue weighted by Gasteiger charge is 2.23. The van der Waals surface area contributed by atoms with Crippen molar-refractivity contribution in [2.24, 2.45) is 0 Å². The third kappa shape index (κ3) is 5.06. The number of anilines is 2. The lowest BCUT2D eigenvalue weighted by molar-refractivity contribution is -0.117.